The molecule has 0 fully saturated rings. The first-order valence-electron chi connectivity index (χ1n) is 6.34. The molecule has 0 aromatic heterocycles. The summed E-state index contributed by atoms with van der Waals surface area (Å²) < 4.78 is 5.10. The number of methoxy groups -OCH3 is 1. The van der Waals surface area contributed by atoms with Gasteiger partial charge in [-0.1, -0.05) is 11.6 Å². The topological polar surface area (TPSA) is 91.2 Å². The van der Waals surface area contributed by atoms with Crippen molar-refractivity contribution in [2.24, 2.45) is 0 Å². The van der Waals surface area contributed by atoms with E-state index >= 15 is 0 Å². The number of nitrogens with one attached hydrogen (secondary N) is 2. The molecule has 1 aromatic rings. The van der Waals surface area contributed by atoms with Crippen LogP contribution in [0.4, 0.5) is 0 Å². The molecule has 1 rings (SSSR count). The highest BCUT2D eigenvalue weighted by molar-refractivity contribution is 6.31. The number of amides is 2. The van der Waals surface area contributed by atoms with E-state index in [4.69, 9.17) is 21.6 Å². The third kappa shape index (κ3) is 5.71. The third-order valence-corrected chi connectivity index (χ3v) is 2.84. The summed E-state index contributed by atoms with van der Waals surface area (Å²) in [4.78, 5) is 23.0. The van der Waals surface area contributed by atoms with Gasteiger partial charge >= 0.3 is 0 Å². The first-order valence-corrected chi connectivity index (χ1v) is 6.71. The number of nitrogens with zero attached hydrogens (tertiary/aromatic N) is 1. The van der Waals surface area contributed by atoms with Gasteiger partial charge in [-0.25, -0.2) is 0 Å². The molecule has 0 saturated heterocycles. The Morgan fingerprint density at radius 2 is 2.05 bits per heavy atom. The van der Waals surface area contributed by atoms with Gasteiger partial charge in [-0.05, 0) is 24.6 Å². The van der Waals surface area contributed by atoms with E-state index in [9.17, 15) is 9.59 Å². The van der Waals surface area contributed by atoms with Crippen molar-refractivity contribution in [2.45, 2.75) is 12.8 Å². The molecule has 0 aliphatic heterocycles. The fourth-order valence-electron chi connectivity index (χ4n) is 1.61. The van der Waals surface area contributed by atoms with E-state index in [-0.39, 0.29) is 18.2 Å². The summed E-state index contributed by atoms with van der Waals surface area (Å²) in [6, 6.07) is 6.56. The normalized spacial score (nSPS) is 9.57. The molecule has 112 valence electrons. The minimum atomic E-state index is -0.319. The van der Waals surface area contributed by atoms with Gasteiger partial charge in [0.25, 0.3) is 5.91 Å². The minimum absolute atomic E-state index is 0.161. The van der Waals surface area contributed by atoms with Gasteiger partial charge < -0.3 is 15.4 Å². The Morgan fingerprint density at radius 1 is 1.33 bits per heavy atom. The molecule has 0 unspecified atom stereocenters. The number of hydrogen-bond acceptors (Lipinski definition) is 4. The number of carbonyl (C=O) groups excluding carboxylic acids is 2. The summed E-state index contributed by atoms with van der Waals surface area (Å²) in [6.07, 6.45) is 0.401. The first-order chi connectivity index (χ1) is 10.1. The Morgan fingerprint density at radius 3 is 2.71 bits per heavy atom. The fourth-order valence-corrected chi connectivity index (χ4v) is 1.78. The number of hydrogen-bond donors (Lipinski definition) is 2. The molecule has 2 N–H and O–H groups in total. The number of benzene rings is 1. The van der Waals surface area contributed by atoms with Crippen molar-refractivity contribution in [3.05, 3.63) is 28.8 Å². The predicted octanol–water partition coefficient (Wildman–Crippen LogP) is 1.50. The maximum Gasteiger partial charge on any atom is 0.255 e. The van der Waals surface area contributed by atoms with Crippen molar-refractivity contribution in [3.8, 4) is 11.8 Å². The summed E-state index contributed by atoms with van der Waals surface area (Å²) in [5.74, 6) is -0.169. The predicted molar refractivity (Wildman–Crippen MR) is 78.2 cm³/mol. The van der Waals surface area contributed by atoms with Crippen LogP contribution in [-0.2, 0) is 4.79 Å². The second-order valence-corrected chi connectivity index (χ2v) is 4.58. The average Bonchev–Trinajstić information content (AvgIpc) is 2.47. The summed E-state index contributed by atoms with van der Waals surface area (Å²) >= 11 is 5.86. The van der Waals surface area contributed by atoms with E-state index in [1.165, 1.54) is 13.2 Å². The molecular formula is C14H16ClN3O3. The highest BCUT2D eigenvalue weighted by Crippen LogP contribution is 2.22. The van der Waals surface area contributed by atoms with Crippen LogP contribution in [-0.4, -0.2) is 32.0 Å². The number of halogens is 1. The van der Waals surface area contributed by atoms with Crippen LogP contribution in [0, 0.1) is 11.3 Å². The zero-order valence-corrected chi connectivity index (χ0v) is 12.4. The molecule has 0 spiro atoms. The van der Waals surface area contributed by atoms with Gasteiger partial charge in [-0.15, -0.1) is 0 Å². The van der Waals surface area contributed by atoms with E-state index in [0.717, 1.165) is 0 Å². The molecule has 1 aromatic carbocycles. The van der Waals surface area contributed by atoms with Crippen LogP contribution in [0.25, 0.3) is 0 Å². The van der Waals surface area contributed by atoms with Crippen molar-refractivity contribution in [1.29, 1.82) is 5.26 Å². The van der Waals surface area contributed by atoms with Gasteiger partial charge in [0.1, 0.15) is 12.2 Å². The summed E-state index contributed by atoms with van der Waals surface area (Å²) in [7, 11) is 1.48. The monoisotopic (exact) mass is 309 g/mol. The lowest BCUT2D eigenvalue weighted by Crippen LogP contribution is -2.29. The van der Waals surface area contributed by atoms with Gasteiger partial charge in [0, 0.05) is 18.1 Å². The van der Waals surface area contributed by atoms with E-state index < -0.39 is 0 Å². The van der Waals surface area contributed by atoms with Crippen molar-refractivity contribution in [1.82, 2.24) is 10.6 Å². The van der Waals surface area contributed by atoms with Crippen LogP contribution < -0.4 is 15.4 Å². The van der Waals surface area contributed by atoms with Crippen LogP contribution in [0.5, 0.6) is 5.75 Å². The Bertz CT molecular complexity index is 555. The molecule has 0 saturated carbocycles. The van der Waals surface area contributed by atoms with E-state index in [1.54, 1.807) is 18.2 Å². The largest absolute Gasteiger partial charge is 0.496 e. The van der Waals surface area contributed by atoms with Crippen LogP contribution in [0.2, 0.25) is 5.02 Å². The Labute approximate surface area is 128 Å². The molecule has 0 bridgehead atoms. The van der Waals surface area contributed by atoms with Gasteiger partial charge in [0.15, 0.2) is 0 Å². The van der Waals surface area contributed by atoms with Gasteiger partial charge in [-0.3, -0.25) is 9.59 Å². The quantitative estimate of drug-likeness (QED) is 0.747. The highest BCUT2D eigenvalue weighted by atomic mass is 35.5. The Kier molecular flexibility index (Phi) is 7.05. The molecule has 0 aliphatic carbocycles. The molecular weight excluding hydrogens is 294 g/mol. The lowest BCUT2D eigenvalue weighted by Gasteiger charge is -2.10. The summed E-state index contributed by atoms with van der Waals surface area (Å²) in [6.45, 7) is 0.787. The smallest absolute Gasteiger partial charge is 0.255 e. The second-order valence-electron chi connectivity index (χ2n) is 4.14. The van der Waals surface area contributed by atoms with Gasteiger partial charge in [0.2, 0.25) is 5.91 Å². The van der Waals surface area contributed by atoms with E-state index in [2.05, 4.69) is 10.6 Å². The molecule has 7 heteroatoms. The van der Waals surface area contributed by atoms with Crippen molar-refractivity contribution >= 4 is 23.4 Å². The molecule has 0 heterocycles. The maximum atomic E-state index is 12.0. The average molecular weight is 310 g/mol. The lowest BCUT2D eigenvalue weighted by molar-refractivity contribution is -0.120. The standard InChI is InChI=1S/C14H16ClN3O3/c1-21-12-4-3-10(15)9-11(12)14(20)18-8-2-7-17-13(19)5-6-16/h3-4,9H,2,5,7-8H2,1H3,(H,17,19)(H,18,20). The van der Waals surface area contributed by atoms with Crippen LogP contribution >= 0.6 is 11.6 Å². The molecule has 0 radical (unpaired) electrons. The Balaban J connectivity index is 2.39. The van der Waals surface area contributed by atoms with E-state index in [1.807, 2.05) is 0 Å². The second kappa shape index (κ2) is 8.82. The highest BCUT2D eigenvalue weighted by Gasteiger charge is 2.12. The molecule has 21 heavy (non-hydrogen) atoms. The zero-order valence-electron chi connectivity index (χ0n) is 11.6. The van der Waals surface area contributed by atoms with E-state index in [0.29, 0.717) is 35.8 Å². The van der Waals surface area contributed by atoms with Crippen LogP contribution in [0.3, 0.4) is 0 Å². The number of ether oxygens (including phenoxy) is 1. The van der Waals surface area contributed by atoms with Crippen molar-refractivity contribution < 1.29 is 14.3 Å². The fraction of sp³-hybridized carbons (Fsp3) is 0.357. The number of nitriles is 1. The van der Waals surface area contributed by atoms with Crippen LogP contribution in [0.15, 0.2) is 18.2 Å². The van der Waals surface area contributed by atoms with Crippen LogP contribution in [0.1, 0.15) is 23.2 Å². The lowest BCUT2D eigenvalue weighted by atomic mass is 10.2. The number of rotatable bonds is 7. The third-order valence-electron chi connectivity index (χ3n) is 2.61. The Hall–Kier alpha value is -2.26. The maximum absolute atomic E-state index is 12.0. The van der Waals surface area contributed by atoms with Crippen molar-refractivity contribution in [2.75, 3.05) is 20.2 Å². The molecule has 6 nitrogen and oxygen atoms in total. The first kappa shape index (κ1) is 16.8. The van der Waals surface area contributed by atoms with Gasteiger partial charge in [-0.2, -0.15) is 5.26 Å². The number of carbonyl (C=O) groups is 2. The zero-order chi connectivity index (χ0) is 15.7. The minimum Gasteiger partial charge on any atom is -0.496 e. The van der Waals surface area contributed by atoms with Gasteiger partial charge in [0.05, 0.1) is 18.7 Å². The summed E-state index contributed by atoms with van der Waals surface area (Å²) in [5, 5.41) is 14.1. The molecule has 0 atom stereocenters. The molecule has 2 amide bonds. The molecule has 0 aliphatic rings. The summed E-state index contributed by atoms with van der Waals surface area (Å²) in [5.41, 5.74) is 0.360. The van der Waals surface area contributed by atoms with Crippen molar-refractivity contribution in [3.63, 3.8) is 0 Å². The SMILES string of the molecule is COc1ccc(Cl)cc1C(=O)NCCCNC(=O)CC#N.